The van der Waals surface area contributed by atoms with Gasteiger partial charge in [0.25, 0.3) is 0 Å². The number of hydrogen-bond donors (Lipinski definition) is 1. The standard InChI is InChI=1S/C14H20ClNO2S/c1-14(16-2,13(17)18-3)8-9-19-10-11-4-6-12(15)7-5-11/h4-7,16H,8-10H2,1-3H3. The van der Waals surface area contributed by atoms with Gasteiger partial charge in [0.2, 0.25) is 0 Å². The summed E-state index contributed by atoms with van der Waals surface area (Å²) in [6.45, 7) is 1.86. The summed E-state index contributed by atoms with van der Waals surface area (Å²) >= 11 is 7.63. The van der Waals surface area contributed by atoms with Crippen LogP contribution in [-0.2, 0) is 15.3 Å². The third kappa shape index (κ3) is 5.05. The van der Waals surface area contributed by atoms with Crippen LogP contribution in [0.1, 0.15) is 18.9 Å². The zero-order valence-corrected chi connectivity index (χ0v) is 13.1. The molecule has 106 valence electrons. The fourth-order valence-electron chi connectivity index (χ4n) is 1.60. The van der Waals surface area contributed by atoms with Gasteiger partial charge in [-0.25, -0.2) is 0 Å². The maximum absolute atomic E-state index is 11.7. The number of esters is 1. The first-order valence-electron chi connectivity index (χ1n) is 6.11. The minimum Gasteiger partial charge on any atom is -0.468 e. The van der Waals surface area contributed by atoms with Gasteiger partial charge in [-0.15, -0.1) is 0 Å². The molecule has 0 heterocycles. The van der Waals surface area contributed by atoms with Gasteiger partial charge in [0, 0.05) is 10.8 Å². The monoisotopic (exact) mass is 301 g/mol. The first kappa shape index (κ1) is 16.3. The average Bonchev–Trinajstić information content (AvgIpc) is 2.44. The fourth-order valence-corrected chi connectivity index (χ4v) is 2.85. The molecule has 0 fully saturated rings. The largest absolute Gasteiger partial charge is 0.468 e. The van der Waals surface area contributed by atoms with Crippen LogP contribution in [0.25, 0.3) is 0 Å². The van der Waals surface area contributed by atoms with E-state index >= 15 is 0 Å². The van der Waals surface area contributed by atoms with Crippen LogP contribution in [0.3, 0.4) is 0 Å². The maximum Gasteiger partial charge on any atom is 0.325 e. The maximum atomic E-state index is 11.7. The van der Waals surface area contributed by atoms with Gasteiger partial charge in [-0.05, 0) is 43.8 Å². The lowest BCUT2D eigenvalue weighted by atomic mass is 10.00. The first-order valence-corrected chi connectivity index (χ1v) is 7.64. The molecule has 1 atom stereocenters. The van der Waals surface area contributed by atoms with E-state index in [0.717, 1.165) is 22.9 Å². The molecule has 0 aliphatic rings. The van der Waals surface area contributed by atoms with E-state index in [4.69, 9.17) is 16.3 Å². The van der Waals surface area contributed by atoms with E-state index in [2.05, 4.69) is 5.32 Å². The molecule has 1 N–H and O–H groups in total. The fraction of sp³-hybridized carbons (Fsp3) is 0.500. The molecule has 1 aromatic carbocycles. The summed E-state index contributed by atoms with van der Waals surface area (Å²) in [6.07, 6.45) is 0.731. The van der Waals surface area contributed by atoms with Crippen molar-refractivity contribution in [3.05, 3.63) is 34.9 Å². The van der Waals surface area contributed by atoms with Crippen LogP contribution < -0.4 is 5.32 Å². The molecule has 1 rings (SSSR count). The van der Waals surface area contributed by atoms with Crippen molar-refractivity contribution < 1.29 is 9.53 Å². The molecular formula is C14H20ClNO2S. The Labute approximate surface area is 124 Å². The van der Waals surface area contributed by atoms with E-state index in [-0.39, 0.29) is 5.97 Å². The first-order chi connectivity index (χ1) is 9.01. The molecular weight excluding hydrogens is 282 g/mol. The molecule has 3 nitrogen and oxygen atoms in total. The van der Waals surface area contributed by atoms with E-state index in [1.165, 1.54) is 12.7 Å². The van der Waals surface area contributed by atoms with Crippen LogP contribution in [0.15, 0.2) is 24.3 Å². The van der Waals surface area contributed by atoms with Crippen LogP contribution >= 0.6 is 23.4 Å². The second-order valence-corrected chi connectivity index (χ2v) is 6.04. The van der Waals surface area contributed by atoms with Crippen molar-refractivity contribution >= 4 is 29.3 Å². The Hall–Kier alpha value is -0.710. The van der Waals surface area contributed by atoms with Crippen molar-refractivity contribution in [3.8, 4) is 0 Å². The number of carbonyl (C=O) groups excluding carboxylic acids is 1. The molecule has 0 aromatic heterocycles. The lowest BCUT2D eigenvalue weighted by Crippen LogP contribution is -2.48. The molecule has 1 unspecified atom stereocenters. The number of rotatable bonds is 7. The number of benzene rings is 1. The van der Waals surface area contributed by atoms with Gasteiger partial charge in [0.05, 0.1) is 7.11 Å². The molecule has 0 aliphatic carbocycles. The third-order valence-electron chi connectivity index (χ3n) is 3.12. The number of ether oxygens (including phenoxy) is 1. The third-order valence-corrected chi connectivity index (χ3v) is 4.40. The van der Waals surface area contributed by atoms with Crippen LogP contribution in [-0.4, -0.2) is 31.4 Å². The summed E-state index contributed by atoms with van der Waals surface area (Å²) < 4.78 is 4.81. The van der Waals surface area contributed by atoms with E-state index in [1.807, 2.05) is 31.2 Å². The van der Waals surface area contributed by atoms with Crippen molar-refractivity contribution in [3.63, 3.8) is 0 Å². The molecule has 0 bridgehead atoms. The number of carbonyl (C=O) groups is 1. The highest BCUT2D eigenvalue weighted by molar-refractivity contribution is 7.98. The van der Waals surface area contributed by atoms with Crippen molar-refractivity contribution in [1.29, 1.82) is 0 Å². The smallest absolute Gasteiger partial charge is 0.325 e. The summed E-state index contributed by atoms with van der Waals surface area (Å²) in [7, 11) is 3.19. The predicted molar refractivity (Wildman–Crippen MR) is 81.7 cm³/mol. The number of likely N-dealkylation sites (N-methyl/N-ethyl adjacent to an activating group) is 1. The van der Waals surface area contributed by atoms with E-state index in [0.29, 0.717) is 0 Å². The molecule has 0 radical (unpaired) electrons. The zero-order valence-electron chi connectivity index (χ0n) is 11.5. The highest BCUT2D eigenvalue weighted by Gasteiger charge is 2.31. The van der Waals surface area contributed by atoms with Crippen LogP contribution in [0, 0.1) is 0 Å². The molecule has 1 aromatic rings. The SMILES string of the molecule is CNC(C)(CCSCc1ccc(Cl)cc1)C(=O)OC. The summed E-state index contributed by atoms with van der Waals surface area (Å²) in [5, 5.41) is 3.78. The Bertz CT molecular complexity index is 410. The number of hydrogen-bond acceptors (Lipinski definition) is 4. The van der Waals surface area contributed by atoms with Gasteiger partial charge in [-0.2, -0.15) is 11.8 Å². The topological polar surface area (TPSA) is 38.3 Å². The minimum atomic E-state index is -0.609. The average molecular weight is 302 g/mol. The van der Waals surface area contributed by atoms with Gasteiger partial charge >= 0.3 is 5.97 Å². The van der Waals surface area contributed by atoms with E-state index < -0.39 is 5.54 Å². The lowest BCUT2D eigenvalue weighted by Gasteiger charge is -2.25. The molecule has 19 heavy (non-hydrogen) atoms. The van der Waals surface area contributed by atoms with Gasteiger partial charge in [-0.3, -0.25) is 4.79 Å². The van der Waals surface area contributed by atoms with Crippen LogP contribution in [0.4, 0.5) is 0 Å². The van der Waals surface area contributed by atoms with Crippen molar-refractivity contribution in [2.24, 2.45) is 0 Å². The number of thioether (sulfide) groups is 1. The summed E-state index contributed by atoms with van der Waals surface area (Å²) in [4.78, 5) is 11.7. The molecule has 5 heteroatoms. The van der Waals surface area contributed by atoms with Crippen LogP contribution in [0.2, 0.25) is 5.02 Å². The Morgan fingerprint density at radius 2 is 2.05 bits per heavy atom. The van der Waals surface area contributed by atoms with Gasteiger partial charge in [0.15, 0.2) is 0 Å². The minimum absolute atomic E-state index is 0.220. The molecule has 0 saturated carbocycles. The molecule has 0 amide bonds. The molecule has 0 spiro atoms. The van der Waals surface area contributed by atoms with E-state index in [1.54, 1.807) is 18.8 Å². The van der Waals surface area contributed by atoms with Gasteiger partial charge in [0.1, 0.15) is 5.54 Å². The van der Waals surface area contributed by atoms with Gasteiger partial charge in [-0.1, -0.05) is 23.7 Å². The molecule has 0 aliphatic heterocycles. The molecule has 0 saturated heterocycles. The number of halogens is 1. The predicted octanol–water partition coefficient (Wildman–Crippen LogP) is 3.11. The summed E-state index contributed by atoms with van der Waals surface area (Å²) in [5.41, 5.74) is 0.625. The Morgan fingerprint density at radius 1 is 1.42 bits per heavy atom. The summed E-state index contributed by atoms with van der Waals surface area (Å²) in [5.74, 6) is 1.58. The van der Waals surface area contributed by atoms with Crippen molar-refractivity contribution in [2.45, 2.75) is 24.6 Å². The summed E-state index contributed by atoms with van der Waals surface area (Å²) in [6, 6.07) is 7.83. The Kier molecular flexibility index (Phi) is 6.69. The van der Waals surface area contributed by atoms with E-state index in [9.17, 15) is 4.79 Å². The van der Waals surface area contributed by atoms with Crippen LogP contribution in [0.5, 0.6) is 0 Å². The number of methoxy groups -OCH3 is 1. The Morgan fingerprint density at radius 3 is 2.58 bits per heavy atom. The quantitative estimate of drug-likeness (QED) is 0.620. The highest BCUT2D eigenvalue weighted by Crippen LogP contribution is 2.20. The second-order valence-electron chi connectivity index (χ2n) is 4.50. The van der Waals surface area contributed by atoms with Gasteiger partial charge < -0.3 is 10.1 Å². The van der Waals surface area contributed by atoms with Crippen molar-refractivity contribution in [1.82, 2.24) is 5.32 Å². The lowest BCUT2D eigenvalue weighted by molar-refractivity contribution is -0.147. The van der Waals surface area contributed by atoms with Crippen molar-refractivity contribution in [2.75, 3.05) is 19.9 Å². The number of nitrogens with one attached hydrogen (secondary N) is 1. The zero-order chi connectivity index (χ0) is 14.3. The highest BCUT2D eigenvalue weighted by atomic mass is 35.5. The normalized spacial score (nSPS) is 13.9. The second kappa shape index (κ2) is 7.78. The Balaban J connectivity index is 2.37.